The van der Waals surface area contributed by atoms with Gasteiger partial charge in [-0.1, -0.05) is 24.6 Å². The summed E-state index contributed by atoms with van der Waals surface area (Å²) >= 11 is 0. The Kier molecular flexibility index (Phi) is 11.1. The number of allylic oxidation sites excluding steroid dienone is 3. The van der Waals surface area contributed by atoms with E-state index in [2.05, 4.69) is 5.32 Å². The second kappa shape index (κ2) is 13.3. The van der Waals surface area contributed by atoms with E-state index in [-0.39, 0.29) is 35.3 Å². The zero-order valence-corrected chi connectivity index (χ0v) is 21.5. The number of likely N-dealkylation sites (tertiary alicyclic amines) is 1. The van der Waals surface area contributed by atoms with E-state index in [1.807, 2.05) is 25.7 Å². The molecule has 1 amide bonds. The Morgan fingerprint density at radius 3 is 2.49 bits per heavy atom. The lowest BCUT2D eigenvalue weighted by molar-refractivity contribution is -0.137. The smallest absolute Gasteiger partial charge is 0.351 e. The largest absolute Gasteiger partial charge is 0.416 e. The molecule has 0 aromatic heterocycles. The van der Waals surface area contributed by atoms with Crippen LogP contribution in [0, 0.1) is 0 Å². The van der Waals surface area contributed by atoms with E-state index in [9.17, 15) is 26.6 Å². The van der Waals surface area contributed by atoms with Crippen LogP contribution in [-0.4, -0.2) is 57.6 Å². The van der Waals surface area contributed by atoms with Gasteiger partial charge in [-0.3, -0.25) is 9.69 Å². The molecule has 1 saturated heterocycles. The number of nitrogens with one attached hydrogen (secondary N) is 1. The van der Waals surface area contributed by atoms with Crippen molar-refractivity contribution in [2.45, 2.75) is 70.1 Å². The Morgan fingerprint density at radius 1 is 1.26 bits per heavy atom. The highest BCUT2D eigenvalue weighted by Crippen LogP contribution is 2.31. The van der Waals surface area contributed by atoms with E-state index in [4.69, 9.17) is 0 Å². The molecule has 10 heteroatoms. The third-order valence-electron chi connectivity index (χ3n) is 5.80. The van der Waals surface area contributed by atoms with Gasteiger partial charge in [-0.2, -0.15) is 13.2 Å². The van der Waals surface area contributed by atoms with Gasteiger partial charge in [0.1, 0.15) is 11.0 Å². The summed E-state index contributed by atoms with van der Waals surface area (Å²) in [4.78, 5) is 14.5. The third-order valence-corrected chi connectivity index (χ3v) is 7.56. The number of benzene rings is 1. The highest BCUT2D eigenvalue weighted by atomic mass is 32.2. The minimum absolute atomic E-state index is 0.0740. The van der Waals surface area contributed by atoms with Crippen LogP contribution in [0.15, 0.2) is 52.7 Å². The van der Waals surface area contributed by atoms with E-state index in [0.717, 1.165) is 17.7 Å². The highest BCUT2D eigenvalue weighted by Gasteiger charge is 2.34. The maximum atomic E-state index is 13.2. The Balaban J connectivity index is 1.92. The normalized spacial score (nSPS) is 17.8. The quantitative estimate of drug-likeness (QED) is 0.342. The summed E-state index contributed by atoms with van der Waals surface area (Å²) in [5, 5.41) is 2.83. The van der Waals surface area contributed by atoms with Gasteiger partial charge in [-0.15, -0.1) is 0 Å². The molecule has 2 rings (SSSR count). The Morgan fingerprint density at radius 2 is 1.91 bits per heavy atom. The van der Waals surface area contributed by atoms with E-state index < -0.39 is 22.7 Å². The van der Waals surface area contributed by atoms with Gasteiger partial charge in [0.05, 0.1) is 22.8 Å². The fourth-order valence-corrected chi connectivity index (χ4v) is 5.42. The summed E-state index contributed by atoms with van der Waals surface area (Å²) in [7, 11) is -1.73. The number of halogens is 4. The summed E-state index contributed by atoms with van der Waals surface area (Å²) in [6, 6.07) is 4.46. The van der Waals surface area contributed by atoms with Crippen LogP contribution in [-0.2, 0) is 22.0 Å². The monoisotopic (exact) mass is 517 g/mol. The predicted molar refractivity (Wildman–Crippen MR) is 131 cm³/mol. The van der Waals surface area contributed by atoms with Crippen LogP contribution in [0.25, 0.3) is 0 Å². The molecule has 196 valence electrons. The maximum absolute atomic E-state index is 13.2. The van der Waals surface area contributed by atoms with Crippen molar-refractivity contribution in [1.82, 2.24) is 14.5 Å². The first-order chi connectivity index (χ1) is 16.4. The van der Waals surface area contributed by atoms with E-state index in [0.29, 0.717) is 38.9 Å². The van der Waals surface area contributed by atoms with E-state index >= 15 is 0 Å². The zero-order chi connectivity index (χ0) is 26.2. The maximum Gasteiger partial charge on any atom is 0.416 e. The van der Waals surface area contributed by atoms with Gasteiger partial charge in [0.2, 0.25) is 5.91 Å². The summed E-state index contributed by atoms with van der Waals surface area (Å²) in [6.07, 6.45) is 0.178. The second-order valence-corrected chi connectivity index (χ2v) is 10.4. The number of carbonyl (C=O) groups excluding carboxylic acids is 1. The molecule has 1 heterocycles. The third kappa shape index (κ3) is 9.16. The molecule has 1 aromatic rings. The number of piperidine rings is 1. The molecule has 1 atom stereocenters. The molecule has 1 aromatic carbocycles. The van der Waals surface area contributed by atoms with E-state index in [1.165, 1.54) is 18.2 Å². The number of carbonyl (C=O) groups is 1. The van der Waals surface area contributed by atoms with Crippen molar-refractivity contribution in [3.05, 3.63) is 53.4 Å². The van der Waals surface area contributed by atoms with Crippen LogP contribution in [0.2, 0.25) is 0 Å². The number of nitrogens with zero attached hydrogens (tertiary/aromatic N) is 2. The summed E-state index contributed by atoms with van der Waals surface area (Å²) < 4.78 is 67.5. The summed E-state index contributed by atoms with van der Waals surface area (Å²) in [6.45, 7) is 9.07. The van der Waals surface area contributed by atoms with E-state index in [1.54, 1.807) is 17.3 Å². The van der Waals surface area contributed by atoms with Gasteiger partial charge in [-0.25, -0.2) is 12.9 Å². The standard InChI is InChI=1S/C25H35F4N3O2S/c1-5-21(26)10-9-19(4)16-30-24(33)17-31-13-11-22(12-14-31)32(18(2)3)35(34)23-8-6-7-20(15-23)25(27,28)29/h6-10,15,18,22H,5,11-14,16-17H2,1-4H3,(H,30,33)/b19-9+,21-10+. The summed E-state index contributed by atoms with van der Waals surface area (Å²) in [5.74, 6) is -0.354. The molecule has 1 aliphatic rings. The van der Waals surface area contributed by atoms with Crippen molar-refractivity contribution < 1.29 is 26.6 Å². The van der Waals surface area contributed by atoms with Crippen LogP contribution in [0.3, 0.4) is 0 Å². The second-order valence-electron chi connectivity index (χ2n) is 8.99. The van der Waals surface area contributed by atoms with Crippen LogP contribution in [0.1, 0.15) is 52.5 Å². The molecule has 0 spiro atoms. The lowest BCUT2D eigenvalue weighted by Crippen LogP contribution is -2.50. The number of alkyl halides is 3. The molecule has 1 unspecified atom stereocenters. The number of rotatable bonds is 10. The molecular formula is C25H35F4N3O2S. The average molecular weight is 518 g/mol. The number of amides is 1. The lowest BCUT2D eigenvalue weighted by atomic mass is 10.0. The topological polar surface area (TPSA) is 52.7 Å². The van der Waals surface area contributed by atoms with Crippen molar-refractivity contribution in [2.24, 2.45) is 0 Å². The molecule has 1 N–H and O–H groups in total. The molecular weight excluding hydrogens is 482 g/mol. The highest BCUT2D eigenvalue weighted by molar-refractivity contribution is 7.82. The van der Waals surface area contributed by atoms with Gasteiger partial charge in [-0.05, 0) is 64.3 Å². The minimum atomic E-state index is -4.49. The molecule has 0 bridgehead atoms. The summed E-state index contributed by atoms with van der Waals surface area (Å²) in [5.41, 5.74) is 0.0230. The van der Waals surface area contributed by atoms with Crippen LogP contribution in [0.4, 0.5) is 17.6 Å². The predicted octanol–water partition coefficient (Wildman–Crippen LogP) is 5.23. The lowest BCUT2D eigenvalue weighted by Gasteiger charge is -2.39. The van der Waals surface area contributed by atoms with Gasteiger partial charge >= 0.3 is 6.18 Å². The van der Waals surface area contributed by atoms with Crippen molar-refractivity contribution >= 4 is 16.9 Å². The molecule has 35 heavy (non-hydrogen) atoms. The fraction of sp³-hybridized carbons (Fsp3) is 0.560. The Bertz CT molecular complexity index is 939. The Hall–Kier alpha value is -2.04. The molecule has 5 nitrogen and oxygen atoms in total. The van der Waals surface area contributed by atoms with Gasteiger partial charge in [0, 0.05) is 31.7 Å². The average Bonchev–Trinajstić information content (AvgIpc) is 2.81. The van der Waals surface area contributed by atoms with Crippen molar-refractivity contribution in [2.75, 3.05) is 26.2 Å². The molecule has 1 aliphatic heterocycles. The van der Waals surface area contributed by atoms with Gasteiger partial charge < -0.3 is 5.32 Å². The van der Waals surface area contributed by atoms with Crippen molar-refractivity contribution in [1.29, 1.82) is 0 Å². The zero-order valence-electron chi connectivity index (χ0n) is 20.7. The van der Waals surface area contributed by atoms with Gasteiger partial charge in [0.25, 0.3) is 0 Å². The first kappa shape index (κ1) is 29.2. The minimum Gasteiger partial charge on any atom is -0.351 e. The SMILES string of the molecule is CC/C(F)=C\C=C(/C)CNC(=O)CN1CCC(N(C(C)C)S(=O)c2cccc(C(F)(F)F)c2)CC1. The first-order valence-corrected chi connectivity index (χ1v) is 12.9. The molecule has 1 fully saturated rings. The van der Waals surface area contributed by atoms with Crippen LogP contribution in [0.5, 0.6) is 0 Å². The fourth-order valence-electron chi connectivity index (χ4n) is 3.89. The van der Waals surface area contributed by atoms with Crippen molar-refractivity contribution in [3.63, 3.8) is 0 Å². The molecule has 0 saturated carbocycles. The Labute approximate surface area is 207 Å². The van der Waals surface area contributed by atoms with Crippen LogP contribution >= 0.6 is 0 Å². The van der Waals surface area contributed by atoms with Crippen LogP contribution < -0.4 is 5.32 Å². The number of hydrogen-bond acceptors (Lipinski definition) is 3. The van der Waals surface area contributed by atoms with Gasteiger partial charge in [0.15, 0.2) is 0 Å². The molecule has 0 aliphatic carbocycles. The van der Waals surface area contributed by atoms with Crippen molar-refractivity contribution in [3.8, 4) is 0 Å². The molecule has 0 radical (unpaired) electrons. The first-order valence-electron chi connectivity index (χ1n) is 11.8. The number of hydrogen-bond donors (Lipinski definition) is 1.